The van der Waals surface area contributed by atoms with Gasteiger partial charge in [-0.05, 0) is 68.7 Å². The van der Waals surface area contributed by atoms with Crippen LogP contribution in [0.2, 0.25) is 0 Å². The van der Waals surface area contributed by atoms with Crippen LogP contribution >= 0.6 is 11.3 Å². The first kappa shape index (κ1) is 27.5. The molecule has 3 heterocycles. The van der Waals surface area contributed by atoms with Crippen molar-refractivity contribution in [3.05, 3.63) is 152 Å². The summed E-state index contributed by atoms with van der Waals surface area (Å²) in [5.74, 6) is 1.88. The summed E-state index contributed by atoms with van der Waals surface area (Å²) in [6.45, 7) is 0. The standard InChI is InChI=1S/C45H25N3OS/c1-2-9-27(10-3-1)43-46-44(48-45(47-43)34-13-8-15-38-42(34)33-12-4-6-14-37(33)49-38)30-21-22-31-28(23-30)19-17-26-18-20-29-24-36-32-11-5-7-16-39(32)50-40(36)25-35(29)41(26)31/h1-25H. The smallest absolute Gasteiger partial charge is 0.164 e. The van der Waals surface area contributed by atoms with Crippen LogP contribution in [0.15, 0.2) is 156 Å². The van der Waals surface area contributed by atoms with Gasteiger partial charge in [0.25, 0.3) is 0 Å². The quantitative estimate of drug-likeness (QED) is 0.178. The molecule has 8 aromatic carbocycles. The molecule has 232 valence electrons. The van der Waals surface area contributed by atoms with E-state index in [1.165, 1.54) is 47.1 Å². The maximum atomic E-state index is 6.23. The van der Waals surface area contributed by atoms with Crippen molar-refractivity contribution in [2.24, 2.45) is 0 Å². The van der Waals surface area contributed by atoms with E-state index < -0.39 is 0 Å². The first-order valence-electron chi connectivity index (χ1n) is 16.7. The molecule has 0 unspecified atom stereocenters. The van der Waals surface area contributed by atoms with Crippen molar-refractivity contribution < 1.29 is 4.42 Å². The summed E-state index contributed by atoms with van der Waals surface area (Å²) in [6.07, 6.45) is 0. The van der Waals surface area contributed by atoms with Crippen molar-refractivity contribution >= 4 is 85.8 Å². The largest absolute Gasteiger partial charge is 0.456 e. The molecule has 0 saturated heterocycles. The molecule has 0 fully saturated rings. The molecule has 0 bridgehead atoms. The average Bonchev–Trinajstić information content (AvgIpc) is 3.74. The monoisotopic (exact) mass is 655 g/mol. The van der Waals surface area contributed by atoms with Gasteiger partial charge in [0, 0.05) is 47.6 Å². The topological polar surface area (TPSA) is 51.8 Å². The Bertz CT molecular complexity index is 3160. The molecule has 11 rings (SSSR count). The zero-order valence-corrected chi connectivity index (χ0v) is 27.4. The molecule has 4 nitrogen and oxygen atoms in total. The van der Waals surface area contributed by atoms with Gasteiger partial charge < -0.3 is 4.42 Å². The molecule has 11 aromatic rings. The van der Waals surface area contributed by atoms with Crippen molar-refractivity contribution in [2.45, 2.75) is 0 Å². The Morgan fingerprint density at radius 1 is 0.380 bits per heavy atom. The van der Waals surface area contributed by atoms with E-state index in [1.807, 2.05) is 72.0 Å². The van der Waals surface area contributed by atoms with Gasteiger partial charge in [-0.2, -0.15) is 0 Å². The Morgan fingerprint density at radius 3 is 1.96 bits per heavy atom. The van der Waals surface area contributed by atoms with E-state index in [4.69, 9.17) is 19.4 Å². The number of thiophene rings is 1. The van der Waals surface area contributed by atoms with E-state index in [-0.39, 0.29) is 0 Å². The number of rotatable bonds is 3. The first-order chi connectivity index (χ1) is 24.7. The number of furan rings is 1. The zero-order chi connectivity index (χ0) is 32.8. The number of hydrogen-bond acceptors (Lipinski definition) is 5. The lowest BCUT2D eigenvalue weighted by Gasteiger charge is -2.12. The van der Waals surface area contributed by atoms with Crippen LogP contribution in [0.5, 0.6) is 0 Å². The Morgan fingerprint density at radius 2 is 1.08 bits per heavy atom. The molecule has 50 heavy (non-hydrogen) atoms. The second kappa shape index (κ2) is 10.5. The van der Waals surface area contributed by atoms with Crippen LogP contribution in [0.3, 0.4) is 0 Å². The molecule has 3 aromatic heterocycles. The molecule has 0 aliphatic carbocycles. The number of nitrogens with zero attached hydrogens (tertiary/aromatic N) is 3. The maximum Gasteiger partial charge on any atom is 0.164 e. The number of hydrogen-bond donors (Lipinski definition) is 0. The van der Waals surface area contributed by atoms with Gasteiger partial charge >= 0.3 is 0 Å². The third kappa shape index (κ3) is 4.14. The highest BCUT2D eigenvalue weighted by Crippen LogP contribution is 2.41. The number of aromatic nitrogens is 3. The zero-order valence-electron chi connectivity index (χ0n) is 26.6. The summed E-state index contributed by atoms with van der Waals surface area (Å²) in [5.41, 5.74) is 4.44. The normalized spacial score (nSPS) is 12.0. The summed E-state index contributed by atoms with van der Waals surface area (Å²) >= 11 is 1.86. The molecule has 0 N–H and O–H groups in total. The van der Waals surface area contributed by atoms with Crippen molar-refractivity contribution in [2.75, 3.05) is 0 Å². The molecule has 0 radical (unpaired) electrons. The van der Waals surface area contributed by atoms with E-state index in [1.54, 1.807) is 0 Å². The second-order valence-corrected chi connectivity index (χ2v) is 13.9. The Kier molecular flexibility index (Phi) is 5.80. The Balaban J connectivity index is 1.13. The lowest BCUT2D eigenvalue weighted by atomic mass is 9.94. The lowest BCUT2D eigenvalue weighted by Crippen LogP contribution is -2.00. The van der Waals surface area contributed by atoms with Gasteiger partial charge in [0.1, 0.15) is 11.2 Å². The SMILES string of the molecule is c1ccc(-c2nc(-c3ccc4c(ccc5ccc6cc7c(cc6c54)sc4ccccc47)c3)nc(-c3cccc4oc5ccccc5c34)n2)cc1. The molecular formula is C45H25N3OS. The van der Waals surface area contributed by atoms with E-state index in [9.17, 15) is 0 Å². The Hall–Kier alpha value is -6.43. The molecule has 0 aliphatic heterocycles. The van der Waals surface area contributed by atoms with Gasteiger partial charge in [0.05, 0.1) is 0 Å². The molecule has 0 amide bonds. The minimum atomic E-state index is 0.614. The van der Waals surface area contributed by atoms with Gasteiger partial charge in [-0.3, -0.25) is 0 Å². The number of benzene rings is 8. The second-order valence-electron chi connectivity index (χ2n) is 12.8. The van der Waals surface area contributed by atoms with E-state index in [2.05, 4.69) is 91.0 Å². The van der Waals surface area contributed by atoms with Crippen LogP contribution < -0.4 is 0 Å². The summed E-state index contributed by atoms with van der Waals surface area (Å²) in [5, 5.41) is 12.1. The highest BCUT2D eigenvalue weighted by atomic mass is 32.1. The fourth-order valence-corrected chi connectivity index (χ4v) is 8.68. The summed E-state index contributed by atoms with van der Waals surface area (Å²) < 4.78 is 8.86. The summed E-state index contributed by atoms with van der Waals surface area (Å²) in [6, 6.07) is 53.3. The van der Waals surface area contributed by atoms with Crippen LogP contribution in [-0.4, -0.2) is 15.0 Å². The lowest BCUT2D eigenvalue weighted by molar-refractivity contribution is 0.669. The van der Waals surface area contributed by atoms with Gasteiger partial charge in [-0.1, -0.05) is 115 Å². The summed E-state index contributed by atoms with van der Waals surface area (Å²) in [7, 11) is 0. The van der Waals surface area contributed by atoms with E-state index in [0.29, 0.717) is 17.5 Å². The van der Waals surface area contributed by atoms with Gasteiger partial charge in [-0.15, -0.1) is 11.3 Å². The summed E-state index contributed by atoms with van der Waals surface area (Å²) in [4.78, 5) is 15.3. The minimum Gasteiger partial charge on any atom is -0.456 e. The average molecular weight is 656 g/mol. The maximum absolute atomic E-state index is 6.23. The van der Waals surface area contributed by atoms with E-state index >= 15 is 0 Å². The van der Waals surface area contributed by atoms with E-state index in [0.717, 1.165) is 44.0 Å². The molecule has 0 aliphatic rings. The predicted octanol–water partition coefficient (Wildman–Crippen LogP) is 12.6. The molecule has 0 saturated carbocycles. The molecular weight excluding hydrogens is 631 g/mol. The van der Waals surface area contributed by atoms with Crippen molar-refractivity contribution in [1.29, 1.82) is 0 Å². The molecule has 5 heteroatoms. The fourth-order valence-electron chi connectivity index (χ4n) is 7.55. The van der Waals surface area contributed by atoms with Crippen molar-refractivity contribution in [1.82, 2.24) is 15.0 Å². The number of fused-ring (bicyclic) bond motifs is 11. The first-order valence-corrected chi connectivity index (χ1v) is 17.5. The van der Waals surface area contributed by atoms with Crippen LogP contribution in [0.25, 0.3) is 109 Å². The van der Waals surface area contributed by atoms with Gasteiger partial charge in [-0.25, -0.2) is 15.0 Å². The van der Waals surface area contributed by atoms with Crippen LogP contribution in [0.4, 0.5) is 0 Å². The van der Waals surface area contributed by atoms with Crippen molar-refractivity contribution in [3.63, 3.8) is 0 Å². The Labute approximate surface area is 289 Å². The van der Waals surface area contributed by atoms with Crippen LogP contribution in [0.1, 0.15) is 0 Å². The van der Waals surface area contributed by atoms with Gasteiger partial charge in [0.2, 0.25) is 0 Å². The molecule has 0 atom stereocenters. The highest BCUT2D eigenvalue weighted by molar-refractivity contribution is 7.25. The predicted molar refractivity (Wildman–Crippen MR) is 209 cm³/mol. The van der Waals surface area contributed by atoms with Crippen LogP contribution in [-0.2, 0) is 0 Å². The number of para-hydroxylation sites is 1. The minimum absolute atomic E-state index is 0.614. The fraction of sp³-hybridized carbons (Fsp3) is 0. The van der Waals surface area contributed by atoms with Gasteiger partial charge in [0.15, 0.2) is 17.5 Å². The van der Waals surface area contributed by atoms with Crippen molar-refractivity contribution in [3.8, 4) is 34.2 Å². The third-order valence-corrected chi connectivity index (χ3v) is 11.0. The molecule has 0 spiro atoms. The third-order valence-electron chi connectivity index (χ3n) is 9.88. The highest BCUT2D eigenvalue weighted by Gasteiger charge is 2.18. The van der Waals surface area contributed by atoms with Crippen LogP contribution in [0, 0.1) is 0 Å².